The van der Waals surface area contributed by atoms with E-state index in [1.165, 1.54) is 6.08 Å². The van der Waals surface area contributed by atoms with Crippen molar-refractivity contribution in [2.75, 3.05) is 18.5 Å². The minimum Gasteiger partial charge on any atom is -0.478 e. The van der Waals surface area contributed by atoms with Gasteiger partial charge in [0.2, 0.25) is 0 Å². The van der Waals surface area contributed by atoms with Crippen LogP contribution < -0.4 is 16.4 Å². The second kappa shape index (κ2) is 19.5. The van der Waals surface area contributed by atoms with Crippen LogP contribution in [0.4, 0.5) is 5.82 Å². The summed E-state index contributed by atoms with van der Waals surface area (Å²) in [6.45, 7) is 0.550. The Morgan fingerprint density at radius 1 is 1.00 bits per heavy atom. The van der Waals surface area contributed by atoms with Crippen molar-refractivity contribution in [3.63, 3.8) is 0 Å². The Hall–Kier alpha value is -4.48. The van der Waals surface area contributed by atoms with E-state index in [0.717, 1.165) is 59.6 Å². The molecule has 2 aromatic carbocycles. The minimum absolute atomic E-state index is 0.0515. The number of carbonyl (C=O) groups is 3. The largest absolute Gasteiger partial charge is 0.478 e. The molecule has 0 aliphatic carbocycles. The smallest absolute Gasteiger partial charge is 0.328 e. The molecule has 0 spiro atoms. The van der Waals surface area contributed by atoms with Gasteiger partial charge in [0.15, 0.2) is 5.96 Å². The molecule has 0 saturated heterocycles. The lowest BCUT2D eigenvalue weighted by molar-refractivity contribution is -0.131. The van der Waals surface area contributed by atoms with E-state index in [1.54, 1.807) is 0 Å². The minimum atomic E-state index is -1.03. The topological polar surface area (TPSA) is 190 Å². The second-order valence-electron chi connectivity index (χ2n) is 13.0. The van der Waals surface area contributed by atoms with Crippen molar-refractivity contribution in [1.82, 2.24) is 10.3 Å². The van der Waals surface area contributed by atoms with Crippen molar-refractivity contribution < 1.29 is 29.7 Å². The van der Waals surface area contributed by atoms with Gasteiger partial charge in [-0.25, -0.2) is 4.79 Å². The van der Waals surface area contributed by atoms with Crippen LogP contribution in [0.1, 0.15) is 81.3 Å². The van der Waals surface area contributed by atoms with Crippen LogP contribution in [0.3, 0.4) is 0 Å². The number of anilines is 1. The van der Waals surface area contributed by atoms with Gasteiger partial charge in [0.05, 0.1) is 18.2 Å². The highest BCUT2D eigenvalue weighted by atomic mass is 16.4. The number of aliphatic carboxylic acids is 1. The Morgan fingerprint density at radius 3 is 2.55 bits per heavy atom. The van der Waals surface area contributed by atoms with Crippen molar-refractivity contribution in [2.45, 2.75) is 94.7 Å². The molecule has 5 atom stereocenters. The predicted molar refractivity (Wildman–Crippen MR) is 193 cm³/mol. The first kappa shape index (κ1) is 37.3. The van der Waals surface area contributed by atoms with Crippen LogP contribution in [-0.2, 0) is 20.8 Å². The number of carboxylic acids is 1. The number of guanidine groups is 1. The monoisotopic (exact) mass is 673 g/mol. The van der Waals surface area contributed by atoms with Crippen LogP contribution in [0.25, 0.3) is 10.8 Å². The maximum absolute atomic E-state index is 12.1. The van der Waals surface area contributed by atoms with Gasteiger partial charge in [0.25, 0.3) is 0 Å². The van der Waals surface area contributed by atoms with Gasteiger partial charge in [-0.1, -0.05) is 42.8 Å². The fourth-order valence-electron chi connectivity index (χ4n) is 6.80. The summed E-state index contributed by atoms with van der Waals surface area (Å²) in [6, 6.07) is 15.6. The first-order valence-electron chi connectivity index (χ1n) is 17.4. The molecule has 11 heteroatoms. The molecule has 1 aromatic heterocycles. The third-order valence-corrected chi connectivity index (χ3v) is 9.45. The van der Waals surface area contributed by atoms with Crippen LogP contribution in [0, 0.1) is 5.92 Å². The number of aromatic amines is 1. The number of hydrogen-bond donors (Lipinski definition) is 7. The molecular weight excluding hydrogens is 622 g/mol. The standard InChI is InChI=1S/C38H51N5O6/c39-38-41-19-16-35(43-38)33(24-37(48)49)34(42-36-7-2-18-40-36)15-13-28(5-1-6-32(47)14-9-27(25-46)4-3-20-44)30-12-11-29-10-8-26(17-21-45)22-31(29)23-30/h2,7-8,10-12,18,21-25,27-28,32,34-35,40,42,44,47H,1,3-6,9,13-17,19-20H2,(H,48,49)(H3,39,41,43)/b33-24-/t27-,28+,32+,34+,35-/m1/s1. The molecule has 1 aliphatic heterocycles. The van der Waals surface area contributed by atoms with Crippen LogP contribution in [-0.4, -0.2) is 76.1 Å². The highest BCUT2D eigenvalue weighted by Gasteiger charge is 2.28. The number of aldehydes is 2. The Morgan fingerprint density at radius 2 is 1.84 bits per heavy atom. The van der Waals surface area contributed by atoms with E-state index in [9.17, 15) is 24.6 Å². The molecule has 49 heavy (non-hydrogen) atoms. The Kier molecular flexibility index (Phi) is 14.9. The summed E-state index contributed by atoms with van der Waals surface area (Å²) in [5.41, 5.74) is 8.81. The number of rotatable bonds is 22. The normalized spacial score (nSPS) is 17.4. The second-order valence-corrected chi connectivity index (χ2v) is 13.0. The number of benzene rings is 2. The maximum Gasteiger partial charge on any atom is 0.328 e. The third kappa shape index (κ3) is 11.9. The van der Waals surface area contributed by atoms with E-state index in [4.69, 9.17) is 10.8 Å². The zero-order chi connectivity index (χ0) is 35.0. The molecule has 0 radical (unpaired) electrons. The van der Waals surface area contributed by atoms with E-state index in [2.05, 4.69) is 44.9 Å². The number of aliphatic imine (C=N–C) groups is 1. The molecule has 1 aliphatic rings. The summed E-state index contributed by atoms with van der Waals surface area (Å²) < 4.78 is 0. The number of fused-ring (bicyclic) bond motifs is 1. The lowest BCUT2D eigenvalue weighted by atomic mass is 9.84. The van der Waals surface area contributed by atoms with E-state index < -0.39 is 12.1 Å². The van der Waals surface area contributed by atoms with E-state index in [0.29, 0.717) is 69.4 Å². The van der Waals surface area contributed by atoms with Crippen LogP contribution in [0.15, 0.2) is 71.4 Å². The molecule has 0 amide bonds. The average Bonchev–Trinajstić information content (AvgIpc) is 3.61. The summed E-state index contributed by atoms with van der Waals surface area (Å²) >= 11 is 0. The Bertz CT molecular complexity index is 1560. The fourth-order valence-corrected chi connectivity index (χ4v) is 6.80. The van der Waals surface area contributed by atoms with Crippen LogP contribution >= 0.6 is 0 Å². The van der Waals surface area contributed by atoms with Crippen molar-refractivity contribution in [2.24, 2.45) is 16.6 Å². The van der Waals surface area contributed by atoms with Crippen LogP contribution in [0.5, 0.6) is 0 Å². The number of nitrogens with zero attached hydrogens (tertiary/aromatic N) is 1. The number of H-pyrrole nitrogens is 1. The van der Waals surface area contributed by atoms with Gasteiger partial charge >= 0.3 is 5.97 Å². The first-order valence-corrected chi connectivity index (χ1v) is 17.4. The summed E-state index contributed by atoms with van der Waals surface area (Å²) in [6.07, 6.45) is 11.2. The molecule has 0 fully saturated rings. The number of nitrogens with one attached hydrogen (secondary N) is 3. The number of aromatic nitrogens is 1. The van der Waals surface area contributed by atoms with Gasteiger partial charge < -0.3 is 46.3 Å². The molecule has 0 bridgehead atoms. The maximum atomic E-state index is 12.1. The van der Waals surface area contributed by atoms with Gasteiger partial charge in [-0.3, -0.25) is 4.99 Å². The average molecular weight is 674 g/mol. The molecule has 0 saturated carbocycles. The number of aliphatic hydroxyl groups excluding tert-OH is 2. The molecule has 3 aromatic rings. The lowest BCUT2D eigenvalue weighted by Crippen LogP contribution is -2.48. The Balaban J connectivity index is 1.56. The predicted octanol–water partition coefficient (Wildman–Crippen LogP) is 4.84. The van der Waals surface area contributed by atoms with Gasteiger partial charge in [-0.05, 0) is 103 Å². The number of nitrogens with two attached hydrogens (primary N) is 1. The number of aliphatic hydroxyl groups is 2. The molecule has 8 N–H and O–H groups in total. The number of hydrogen-bond acceptors (Lipinski definition) is 9. The van der Waals surface area contributed by atoms with Crippen molar-refractivity contribution >= 4 is 41.1 Å². The van der Waals surface area contributed by atoms with E-state index in [1.807, 2.05) is 30.5 Å². The molecular formula is C38H51N5O6. The quantitative estimate of drug-likeness (QED) is 0.0578. The Labute approximate surface area is 288 Å². The summed E-state index contributed by atoms with van der Waals surface area (Å²) in [4.78, 5) is 42.2. The number of carboxylic acid groups (broad SMARTS) is 1. The SMILES string of the molecule is NC1=NCC[C@H](/C(=C\C(=O)O)[C@H](CC[C@H](CCC[C@H](O)CC[C@H](C=O)CCCO)c2ccc3ccc(CC=O)cc3c2)Nc2ccc[nH]2)N1. The summed E-state index contributed by atoms with van der Waals surface area (Å²) in [7, 11) is 0. The molecule has 4 rings (SSSR count). The summed E-state index contributed by atoms with van der Waals surface area (Å²) in [5.74, 6) is -0.0205. The van der Waals surface area contributed by atoms with E-state index >= 15 is 0 Å². The molecule has 2 heterocycles. The van der Waals surface area contributed by atoms with Gasteiger partial charge in [-0.15, -0.1) is 0 Å². The molecule has 11 nitrogen and oxygen atoms in total. The molecule has 0 unspecified atom stereocenters. The fraction of sp³-hybridized carbons (Fsp3) is 0.474. The lowest BCUT2D eigenvalue weighted by Gasteiger charge is -2.32. The zero-order valence-electron chi connectivity index (χ0n) is 28.1. The van der Waals surface area contributed by atoms with Gasteiger partial charge in [0.1, 0.15) is 18.4 Å². The van der Waals surface area contributed by atoms with Crippen molar-refractivity contribution in [3.05, 3.63) is 77.5 Å². The number of carbonyl (C=O) groups excluding carboxylic acids is 2. The zero-order valence-corrected chi connectivity index (χ0v) is 28.1. The molecule has 264 valence electrons. The first-order chi connectivity index (χ1) is 23.8. The van der Waals surface area contributed by atoms with Gasteiger partial charge in [0, 0.05) is 37.8 Å². The highest BCUT2D eigenvalue weighted by Crippen LogP contribution is 2.33. The van der Waals surface area contributed by atoms with Crippen molar-refractivity contribution in [3.8, 4) is 0 Å². The van der Waals surface area contributed by atoms with Gasteiger partial charge in [-0.2, -0.15) is 0 Å². The highest BCUT2D eigenvalue weighted by molar-refractivity contribution is 5.85. The summed E-state index contributed by atoms with van der Waals surface area (Å²) in [5, 5.41) is 38.7. The van der Waals surface area contributed by atoms with E-state index in [-0.39, 0.29) is 30.5 Å². The third-order valence-electron chi connectivity index (χ3n) is 9.45. The van der Waals surface area contributed by atoms with Crippen molar-refractivity contribution in [1.29, 1.82) is 0 Å². The van der Waals surface area contributed by atoms with Crippen LogP contribution in [0.2, 0.25) is 0 Å².